The molecule has 0 spiro atoms. The second-order valence-corrected chi connectivity index (χ2v) is 10.0. The van der Waals surface area contributed by atoms with Crippen molar-refractivity contribution in [2.24, 2.45) is 5.41 Å². The van der Waals surface area contributed by atoms with Gasteiger partial charge < -0.3 is 52.1 Å². The molecule has 0 aromatic rings. The molecule has 0 aliphatic rings. The van der Waals surface area contributed by atoms with Crippen molar-refractivity contribution in [2.75, 3.05) is 145 Å². The first-order chi connectivity index (χ1) is 19.6. The van der Waals surface area contributed by atoms with E-state index in [9.17, 15) is 0 Å². The normalized spacial score (nSPS) is 12.0. The number of hydrogen-bond acceptors (Lipinski definition) is 11. The van der Waals surface area contributed by atoms with Gasteiger partial charge in [0.05, 0.1) is 132 Å². The maximum atomic E-state index is 5.55. The van der Waals surface area contributed by atoms with Gasteiger partial charge in [-0.3, -0.25) is 0 Å². The summed E-state index contributed by atoms with van der Waals surface area (Å²) < 4.78 is 60.0. The Morgan fingerprint density at radius 1 is 0.275 bits per heavy atom. The molecule has 0 atom stereocenters. The smallest absolute Gasteiger partial charge is 0.0701 e. The summed E-state index contributed by atoms with van der Waals surface area (Å²) in [4.78, 5) is 0. The first-order valence-corrected chi connectivity index (χ1v) is 14.9. The summed E-state index contributed by atoms with van der Waals surface area (Å²) in [7, 11) is 0. The van der Waals surface area contributed by atoms with E-state index in [0.29, 0.717) is 138 Å². The summed E-state index contributed by atoms with van der Waals surface area (Å²) in [5.74, 6) is 0. The second-order valence-electron chi connectivity index (χ2n) is 10.0. The van der Waals surface area contributed by atoms with Crippen molar-refractivity contribution in [1.29, 1.82) is 0 Å². The summed E-state index contributed by atoms with van der Waals surface area (Å²) in [6.45, 7) is 21.3. The maximum Gasteiger partial charge on any atom is 0.0701 e. The van der Waals surface area contributed by atoms with Crippen molar-refractivity contribution in [3.05, 3.63) is 0 Å². The van der Waals surface area contributed by atoms with Crippen LogP contribution in [0, 0.1) is 5.41 Å². The van der Waals surface area contributed by atoms with Gasteiger partial charge in [0.1, 0.15) is 0 Å². The van der Waals surface area contributed by atoms with Gasteiger partial charge in [-0.25, -0.2) is 0 Å². The summed E-state index contributed by atoms with van der Waals surface area (Å²) in [6.07, 6.45) is 2.08. The lowest BCUT2D eigenvalue weighted by Gasteiger charge is -2.17. The first kappa shape index (κ1) is 39.6. The highest BCUT2D eigenvalue weighted by Crippen LogP contribution is 2.17. The fourth-order valence-corrected chi connectivity index (χ4v) is 2.82. The predicted octanol–water partition coefficient (Wildman–Crippen LogP) is 3.02. The summed E-state index contributed by atoms with van der Waals surface area (Å²) >= 11 is 0. The van der Waals surface area contributed by atoms with Crippen LogP contribution >= 0.6 is 0 Å². The fourth-order valence-electron chi connectivity index (χ4n) is 2.82. The minimum absolute atomic E-state index is 0.308. The van der Waals surface area contributed by atoms with Crippen LogP contribution in [0.5, 0.6) is 0 Å². The van der Waals surface area contributed by atoms with Gasteiger partial charge in [-0.05, 0) is 18.3 Å². The van der Waals surface area contributed by atoms with Crippen molar-refractivity contribution < 1.29 is 52.1 Å². The highest BCUT2D eigenvalue weighted by molar-refractivity contribution is 4.59. The molecule has 0 fully saturated rings. The van der Waals surface area contributed by atoms with E-state index in [4.69, 9.17) is 52.1 Å². The number of rotatable bonds is 34. The Morgan fingerprint density at radius 2 is 0.450 bits per heavy atom. The van der Waals surface area contributed by atoms with Crippen LogP contribution in [0.3, 0.4) is 0 Å². The largest absolute Gasteiger partial charge is 0.379 e. The Bertz CT molecular complexity index is 464. The standard InChI is InChI=1S/C29H60O11/c1-5-7-30-9-11-32-13-15-34-17-19-36-21-23-38-25-27-40-28-26-39-24-22-37-20-18-35-16-14-33-12-10-31-8-6-29(2,3)4/h5-28H2,1-4H3. The summed E-state index contributed by atoms with van der Waals surface area (Å²) in [5.41, 5.74) is 0.308. The SMILES string of the molecule is CCCOCCOCCOCCOCCOCCOCCOCCOCCOCCOCCOCCC(C)(C)C. The Hall–Kier alpha value is -0.440. The van der Waals surface area contributed by atoms with Crippen LogP contribution in [0.4, 0.5) is 0 Å². The Balaban J connectivity index is 3.04. The zero-order chi connectivity index (χ0) is 29.2. The van der Waals surface area contributed by atoms with Gasteiger partial charge in [0.15, 0.2) is 0 Å². The molecular weight excluding hydrogens is 524 g/mol. The first-order valence-electron chi connectivity index (χ1n) is 14.9. The molecule has 0 aromatic heterocycles. The van der Waals surface area contributed by atoms with E-state index in [1.54, 1.807) is 0 Å². The molecule has 0 saturated heterocycles. The Labute approximate surface area is 243 Å². The molecule has 0 heterocycles. The van der Waals surface area contributed by atoms with E-state index in [1.165, 1.54) is 0 Å². The monoisotopic (exact) mass is 584 g/mol. The molecule has 11 heteroatoms. The van der Waals surface area contributed by atoms with Gasteiger partial charge in [0.25, 0.3) is 0 Å². The van der Waals surface area contributed by atoms with Crippen LogP contribution in [-0.4, -0.2) is 145 Å². The van der Waals surface area contributed by atoms with Crippen LogP contribution in [0.2, 0.25) is 0 Å². The molecule has 40 heavy (non-hydrogen) atoms. The molecular formula is C29H60O11. The van der Waals surface area contributed by atoms with E-state index in [2.05, 4.69) is 27.7 Å². The fraction of sp³-hybridized carbons (Fsp3) is 1.00. The minimum Gasteiger partial charge on any atom is -0.379 e. The van der Waals surface area contributed by atoms with Gasteiger partial charge >= 0.3 is 0 Å². The average Bonchev–Trinajstić information content (AvgIpc) is 2.92. The molecule has 0 unspecified atom stereocenters. The van der Waals surface area contributed by atoms with Gasteiger partial charge in [-0.1, -0.05) is 27.7 Å². The van der Waals surface area contributed by atoms with Gasteiger partial charge in [-0.2, -0.15) is 0 Å². The van der Waals surface area contributed by atoms with E-state index in [0.717, 1.165) is 26.1 Å². The predicted molar refractivity (Wildman–Crippen MR) is 153 cm³/mol. The number of hydrogen-bond donors (Lipinski definition) is 0. The van der Waals surface area contributed by atoms with Gasteiger partial charge in [-0.15, -0.1) is 0 Å². The molecule has 0 bridgehead atoms. The lowest BCUT2D eigenvalue weighted by atomic mass is 9.93. The molecule has 0 saturated carbocycles. The zero-order valence-electron chi connectivity index (χ0n) is 26.0. The van der Waals surface area contributed by atoms with Crippen molar-refractivity contribution in [3.63, 3.8) is 0 Å². The molecule has 0 aromatic carbocycles. The molecule has 11 nitrogen and oxygen atoms in total. The molecule has 242 valence electrons. The topological polar surface area (TPSA) is 102 Å². The van der Waals surface area contributed by atoms with Crippen LogP contribution in [-0.2, 0) is 52.1 Å². The Morgan fingerprint density at radius 3 is 0.625 bits per heavy atom. The number of ether oxygens (including phenoxy) is 11. The molecule has 0 N–H and O–H groups in total. The molecule has 0 amide bonds. The minimum atomic E-state index is 0.308. The van der Waals surface area contributed by atoms with E-state index in [-0.39, 0.29) is 0 Å². The Kier molecular flexibility index (Phi) is 32.7. The third-order valence-electron chi connectivity index (χ3n) is 5.06. The summed E-state index contributed by atoms with van der Waals surface area (Å²) in [5, 5.41) is 0. The third-order valence-corrected chi connectivity index (χ3v) is 5.06. The van der Waals surface area contributed by atoms with E-state index >= 15 is 0 Å². The zero-order valence-corrected chi connectivity index (χ0v) is 26.0. The van der Waals surface area contributed by atoms with Crippen molar-refractivity contribution >= 4 is 0 Å². The highest BCUT2D eigenvalue weighted by atomic mass is 16.6. The third kappa shape index (κ3) is 37.6. The average molecular weight is 585 g/mol. The highest BCUT2D eigenvalue weighted by Gasteiger charge is 2.08. The van der Waals surface area contributed by atoms with Crippen molar-refractivity contribution in [3.8, 4) is 0 Å². The quantitative estimate of drug-likeness (QED) is 0.104. The van der Waals surface area contributed by atoms with Crippen LogP contribution in [0.15, 0.2) is 0 Å². The van der Waals surface area contributed by atoms with Crippen molar-refractivity contribution in [1.82, 2.24) is 0 Å². The molecule has 0 aliphatic heterocycles. The van der Waals surface area contributed by atoms with Crippen LogP contribution < -0.4 is 0 Å². The molecule has 0 aliphatic carbocycles. The van der Waals surface area contributed by atoms with Crippen LogP contribution in [0.25, 0.3) is 0 Å². The lowest BCUT2D eigenvalue weighted by Crippen LogP contribution is -2.15. The van der Waals surface area contributed by atoms with Crippen LogP contribution in [0.1, 0.15) is 40.5 Å². The maximum absolute atomic E-state index is 5.55. The lowest BCUT2D eigenvalue weighted by molar-refractivity contribution is -0.0276. The second kappa shape index (κ2) is 33.1. The van der Waals surface area contributed by atoms with Crippen molar-refractivity contribution in [2.45, 2.75) is 40.5 Å². The van der Waals surface area contributed by atoms with E-state index in [1.807, 2.05) is 0 Å². The van der Waals surface area contributed by atoms with E-state index < -0.39 is 0 Å². The summed E-state index contributed by atoms with van der Waals surface area (Å²) in [6, 6.07) is 0. The van der Waals surface area contributed by atoms with Gasteiger partial charge in [0.2, 0.25) is 0 Å². The molecule has 0 radical (unpaired) electrons. The van der Waals surface area contributed by atoms with Gasteiger partial charge in [0, 0.05) is 13.2 Å². The molecule has 0 rings (SSSR count).